The van der Waals surface area contributed by atoms with Crippen molar-refractivity contribution in [3.05, 3.63) is 60.0 Å². The first kappa shape index (κ1) is 19.2. The van der Waals surface area contributed by atoms with E-state index in [0.29, 0.717) is 25.2 Å². The summed E-state index contributed by atoms with van der Waals surface area (Å²) in [6, 6.07) is 11.9. The van der Waals surface area contributed by atoms with Gasteiger partial charge in [0.2, 0.25) is 10.0 Å². The Labute approximate surface area is 175 Å². The standard InChI is InChI=1S/C21H23N5O3S/c27-21(16-8-10-17(11-9-16)30(28,29)24-12-3-4-13-24)25-15-5-6-18(25)20-23-22-19-7-1-2-14-26(19)20/h1-2,7-11,14,18H,3-6,12-13,15H2/t18-/m0/s1. The summed E-state index contributed by atoms with van der Waals surface area (Å²) in [5.41, 5.74) is 1.24. The monoisotopic (exact) mass is 425 g/mol. The molecule has 2 aromatic heterocycles. The van der Waals surface area contributed by atoms with Gasteiger partial charge >= 0.3 is 0 Å². The molecule has 2 aliphatic rings. The fraction of sp³-hybridized carbons (Fsp3) is 0.381. The minimum Gasteiger partial charge on any atom is -0.328 e. The Morgan fingerprint density at radius 3 is 2.47 bits per heavy atom. The SMILES string of the molecule is O=C(c1ccc(S(=O)(=O)N2CCCC2)cc1)N1CCC[C@H]1c1nnc2ccccn12. The number of sulfonamides is 1. The number of pyridine rings is 1. The van der Waals surface area contributed by atoms with Crippen molar-refractivity contribution in [1.82, 2.24) is 23.8 Å². The second kappa shape index (κ2) is 7.48. The zero-order valence-electron chi connectivity index (χ0n) is 16.5. The highest BCUT2D eigenvalue weighted by Crippen LogP contribution is 2.32. The molecule has 1 atom stereocenters. The number of rotatable bonds is 4. The Balaban J connectivity index is 1.40. The number of carbonyl (C=O) groups excluding carboxylic acids is 1. The van der Waals surface area contributed by atoms with Gasteiger partial charge in [-0.15, -0.1) is 10.2 Å². The lowest BCUT2D eigenvalue weighted by atomic mass is 10.1. The van der Waals surface area contributed by atoms with Crippen LogP contribution in [0.1, 0.15) is 47.9 Å². The number of aromatic nitrogens is 3. The highest BCUT2D eigenvalue weighted by Gasteiger charge is 2.34. The van der Waals surface area contributed by atoms with Crippen LogP contribution < -0.4 is 0 Å². The van der Waals surface area contributed by atoms with Crippen molar-refractivity contribution in [2.24, 2.45) is 0 Å². The van der Waals surface area contributed by atoms with Crippen molar-refractivity contribution >= 4 is 21.6 Å². The number of carbonyl (C=O) groups is 1. The number of hydrogen-bond acceptors (Lipinski definition) is 5. The predicted octanol–water partition coefficient (Wildman–Crippen LogP) is 2.49. The predicted molar refractivity (Wildman–Crippen MR) is 110 cm³/mol. The summed E-state index contributed by atoms with van der Waals surface area (Å²) in [4.78, 5) is 15.3. The van der Waals surface area contributed by atoms with Gasteiger partial charge in [-0.3, -0.25) is 9.20 Å². The molecule has 3 aromatic rings. The summed E-state index contributed by atoms with van der Waals surface area (Å²) in [7, 11) is -3.48. The molecule has 9 heteroatoms. The number of nitrogens with zero attached hydrogens (tertiary/aromatic N) is 5. The van der Waals surface area contributed by atoms with E-state index in [1.165, 1.54) is 4.31 Å². The maximum Gasteiger partial charge on any atom is 0.254 e. The molecule has 0 spiro atoms. The number of likely N-dealkylation sites (tertiary alicyclic amines) is 1. The van der Waals surface area contributed by atoms with E-state index in [1.807, 2.05) is 33.7 Å². The summed E-state index contributed by atoms with van der Waals surface area (Å²) < 4.78 is 28.9. The lowest BCUT2D eigenvalue weighted by Gasteiger charge is -2.24. The van der Waals surface area contributed by atoms with Crippen LogP contribution in [0.15, 0.2) is 53.6 Å². The second-order valence-corrected chi connectivity index (χ2v) is 9.72. The summed E-state index contributed by atoms with van der Waals surface area (Å²) in [6.45, 7) is 1.76. The van der Waals surface area contributed by atoms with Crippen LogP contribution in [0.25, 0.3) is 5.65 Å². The zero-order chi connectivity index (χ0) is 20.7. The zero-order valence-corrected chi connectivity index (χ0v) is 17.3. The van der Waals surface area contributed by atoms with Gasteiger partial charge in [0, 0.05) is 31.4 Å². The topological polar surface area (TPSA) is 87.9 Å². The molecule has 8 nitrogen and oxygen atoms in total. The second-order valence-electron chi connectivity index (χ2n) is 7.78. The summed E-state index contributed by atoms with van der Waals surface area (Å²) in [5.74, 6) is 0.639. The Hall–Kier alpha value is -2.78. The lowest BCUT2D eigenvalue weighted by molar-refractivity contribution is 0.0729. The van der Waals surface area contributed by atoms with E-state index >= 15 is 0 Å². The van der Waals surface area contributed by atoms with Crippen molar-refractivity contribution in [3.8, 4) is 0 Å². The molecule has 1 aromatic carbocycles. The first-order chi connectivity index (χ1) is 14.6. The fourth-order valence-electron chi connectivity index (χ4n) is 4.38. The number of amides is 1. The normalized spacial score (nSPS) is 20.3. The van der Waals surface area contributed by atoms with Gasteiger partial charge in [0.05, 0.1) is 10.9 Å². The van der Waals surface area contributed by atoms with Crippen LogP contribution in [0.3, 0.4) is 0 Å². The van der Waals surface area contributed by atoms with Crippen LogP contribution in [-0.2, 0) is 10.0 Å². The van der Waals surface area contributed by atoms with E-state index in [2.05, 4.69) is 10.2 Å². The van der Waals surface area contributed by atoms with Crippen molar-refractivity contribution in [1.29, 1.82) is 0 Å². The maximum atomic E-state index is 13.2. The average Bonchev–Trinajstić information content (AvgIpc) is 3.53. The fourth-order valence-corrected chi connectivity index (χ4v) is 5.90. The van der Waals surface area contributed by atoms with Crippen LogP contribution in [0.4, 0.5) is 0 Å². The highest BCUT2D eigenvalue weighted by molar-refractivity contribution is 7.89. The highest BCUT2D eigenvalue weighted by atomic mass is 32.2. The van der Waals surface area contributed by atoms with E-state index in [1.54, 1.807) is 24.3 Å². The first-order valence-corrected chi connectivity index (χ1v) is 11.7. The number of benzene rings is 1. The van der Waals surface area contributed by atoms with E-state index in [9.17, 15) is 13.2 Å². The third kappa shape index (κ3) is 3.18. The van der Waals surface area contributed by atoms with Crippen molar-refractivity contribution in [3.63, 3.8) is 0 Å². The molecule has 1 amide bonds. The molecule has 0 aliphatic carbocycles. The van der Waals surface area contributed by atoms with Crippen molar-refractivity contribution in [2.75, 3.05) is 19.6 Å². The largest absolute Gasteiger partial charge is 0.328 e. The molecule has 156 valence electrons. The van der Waals surface area contributed by atoms with Gasteiger partial charge in [-0.1, -0.05) is 6.07 Å². The maximum absolute atomic E-state index is 13.2. The van der Waals surface area contributed by atoms with Crippen molar-refractivity contribution < 1.29 is 13.2 Å². The first-order valence-electron chi connectivity index (χ1n) is 10.3. The molecule has 0 saturated carbocycles. The van der Waals surface area contributed by atoms with Gasteiger partial charge in [0.25, 0.3) is 5.91 Å². The molecule has 2 aliphatic heterocycles. The van der Waals surface area contributed by atoms with Crippen LogP contribution in [0.5, 0.6) is 0 Å². The van der Waals surface area contributed by atoms with Crippen molar-refractivity contribution in [2.45, 2.75) is 36.6 Å². The third-order valence-corrected chi connectivity index (χ3v) is 7.87. The molecule has 0 unspecified atom stereocenters. The Morgan fingerprint density at radius 2 is 1.70 bits per heavy atom. The molecule has 0 radical (unpaired) electrons. The molecule has 2 fully saturated rings. The van der Waals surface area contributed by atoms with Gasteiger partial charge < -0.3 is 4.90 Å². The molecule has 30 heavy (non-hydrogen) atoms. The summed E-state index contributed by atoms with van der Waals surface area (Å²) >= 11 is 0. The van der Waals surface area contributed by atoms with E-state index in [0.717, 1.165) is 37.2 Å². The number of fused-ring (bicyclic) bond motifs is 1. The lowest BCUT2D eigenvalue weighted by Crippen LogP contribution is -2.31. The van der Waals surface area contributed by atoms with E-state index in [4.69, 9.17) is 0 Å². The Morgan fingerprint density at radius 1 is 0.933 bits per heavy atom. The van der Waals surface area contributed by atoms with E-state index in [-0.39, 0.29) is 16.8 Å². The molecule has 4 heterocycles. The van der Waals surface area contributed by atoms with Crippen LogP contribution in [-0.4, -0.2) is 57.8 Å². The average molecular weight is 426 g/mol. The molecular formula is C21H23N5O3S. The molecule has 5 rings (SSSR count). The van der Waals surface area contributed by atoms with Gasteiger partial charge in [-0.05, 0) is 62.1 Å². The molecule has 0 bridgehead atoms. The molecular weight excluding hydrogens is 402 g/mol. The van der Waals surface area contributed by atoms with Gasteiger partial charge in [-0.2, -0.15) is 4.31 Å². The van der Waals surface area contributed by atoms with Crippen LogP contribution in [0, 0.1) is 0 Å². The Kier molecular flexibility index (Phi) is 4.79. The summed E-state index contributed by atoms with van der Waals surface area (Å²) in [6.07, 6.45) is 5.40. The third-order valence-electron chi connectivity index (χ3n) is 5.96. The van der Waals surface area contributed by atoms with Crippen LogP contribution in [0.2, 0.25) is 0 Å². The minimum atomic E-state index is -3.48. The molecule has 2 saturated heterocycles. The quantitative estimate of drug-likeness (QED) is 0.641. The molecule has 0 N–H and O–H groups in total. The van der Waals surface area contributed by atoms with Gasteiger partial charge in [0.1, 0.15) is 0 Å². The van der Waals surface area contributed by atoms with Gasteiger partial charge in [0.15, 0.2) is 11.5 Å². The van der Waals surface area contributed by atoms with Crippen LogP contribution >= 0.6 is 0 Å². The summed E-state index contributed by atoms with van der Waals surface area (Å²) in [5, 5.41) is 8.54. The minimum absolute atomic E-state index is 0.115. The van der Waals surface area contributed by atoms with Gasteiger partial charge in [-0.25, -0.2) is 8.42 Å². The van der Waals surface area contributed by atoms with E-state index < -0.39 is 10.0 Å². The smallest absolute Gasteiger partial charge is 0.254 e. The Bertz CT molecular complexity index is 1180. The number of hydrogen-bond donors (Lipinski definition) is 0.